The molecule has 3 nitrogen and oxygen atoms in total. The monoisotopic (exact) mass is 236 g/mol. The highest BCUT2D eigenvalue weighted by atomic mass is 35.5. The highest BCUT2D eigenvalue weighted by Gasteiger charge is 2.49. The molecule has 1 aliphatic rings. The number of hydrogen-bond donors (Lipinski definition) is 1. The number of nitriles is 1. The molecular formula is C12H13ClN2O. The number of benzene rings is 1. The predicted molar refractivity (Wildman–Crippen MR) is 62.2 cm³/mol. The van der Waals surface area contributed by atoms with Gasteiger partial charge < -0.3 is 10.5 Å². The van der Waals surface area contributed by atoms with Crippen molar-refractivity contribution in [2.24, 2.45) is 11.1 Å². The van der Waals surface area contributed by atoms with Crippen molar-refractivity contribution in [2.75, 3.05) is 7.11 Å². The Hall–Kier alpha value is -1.24. The molecule has 2 rings (SSSR count). The van der Waals surface area contributed by atoms with Gasteiger partial charge in [0.05, 0.1) is 24.6 Å². The third-order valence-electron chi connectivity index (χ3n) is 3.13. The number of methoxy groups -OCH3 is 1. The smallest absolute Gasteiger partial charge is 0.123 e. The van der Waals surface area contributed by atoms with Gasteiger partial charge in [-0.2, -0.15) is 5.26 Å². The van der Waals surface area contributed by atoms with Gasteiger partial charge >= 0.3 is 0 Å². The zero-order chi connectivity index (χ0) is 11.8. The van der Waals surface area contributed by atoms with Gasteiger partial charge in [0.2, 0.25) is 0 Å². The van der Waals surface area contributed by atoms with Crippen molar-refractivity contribution in [1.82, 2.24) is 0 Å². The molecule has 1 atom stereocenters. The van der Waals surface area contributed by atoms with Gasteiger partial charge in [0.15, 0.2) is 0 Å². The molecule has 84 valence electrons. The number of halogens is 1. The highest BCUT2D eigenvalue weighted by molar-refractivity contribution is 6.30. The number of nitrogens with zero attached hydrogens (tertiary/aromatic N) is 1. The van der Waals surface area contributed by atoms with Crippen LogP contribution in [0.5, 0.6) is 5.75 Å². The van der Waals surface area contributed by atoms with E-state index < -0.39 is 5.41 Å². The summed E-state index contributed by atoms with van der Waals surface area (Å²) in [5, 5.41) is 9.73. The van der Waals surface area contributed by atoms with E-state index in [9.17, 15) is 0 Å². The van der Waals surface area contributed by atoms with E-state index >= 15 is 0 Å². The van der Waals surface area contributed by atoms with E-state index in [1.54, 1.807) is 25.3 Å². The average molecular weight is 237 g/mol. The zero-order valence-electron chi connectivity index (χ0n) is 9.03. The maximum atomic E-state index is 9.12. The fraction of sp³-hybridized carbons (Fsp3) is 0.417. The van der Waals surface area contributed by atoms with Crippen molar-refractivity contribution in [3.8, 4) is 11.8 Å². The van der Waals surface area contributed by atoms with E-state index in [2.05, 4.69) is 6.07 Å². The fourth-order valence-electron chi connectivity index (χ4n) is 1.87. The molecule has 0 saturated heterocycles. The van der Waals surface area contributed by atoms with Gasteiger partial charge in [-0.05, 0) is 31.0 Å². The second kappa shape index (κ2) is 3.97. The Bertz CT molecular complexity index is 449. The third kappa shape index (κ3) is 1.75. The third-order valence-corrected chi connectivity index (χ3v) is 3.37. The first-order valence-corrected chi connectivity index (χ1v) is 5.51. The van der Waals surface area contributed by atoms with Crippen LogP contribution < -0.4 is 10.5 Å². The summed E-state index contributed by atoms with van der Waals surface area (Å²) in [6.45, 7) is 0. The van der Waals surface area contributed by atoms with Crippen LogP contribution in [0.2, 0.25) is 5.02 Å². The molecule has 4 heteroatoms. The first-order valence-electron chi connectivity index (χ1n) is 5.13. The van der Waals surface area contributed by atoms with E-state index in [0.29, 0.717) is 10.8 Å². The molecule has 0 radical (unpaired) electrons. The summed E-state index contributed by atoms with van der Waals surface area (Å²) in [6, 6.07) is 7.29. The number of hydrogen-bond acceptors (Lipinski definition) is 3. The van der Waals surface area contributed by atoms with Crippen LogP contribution in [0.25, 0.3) is 0 Å². The molecule has 16 heavy (non-hydrogen) atoms. The molecule has 1 aliphatic carbocycles. The molecule has 2 N–H and O–H groups in total. The van der Waals surface area contributed by atoms with Crippen LogP contribution in [-0.2, 0) is 0 Å². The molecule has 1 aromatic rings. The molecule has 1 fully saturated rings. The van der Waals surface area contributed by atoms with Gasteiger partial charge in [-0.3, -0.25) is 0 Å². The van der Waals surface area contributed by atoms with Gasteiger partial charge in [-0.1, -0.05) is 11.6 Å². The predicted octanol–water partition coefficient (Wildman–Crippen LogP) is 2.65. The number of nitrogens with two attached hydrogens (primary N) is 1. The maximum Gasteiger partial charge on any atom is 0.123 e. The lowest BCUT2D eigenvalue weighted by molar-refractivity contribution is 0.396. The van der Waals surface area contributed by atoms with Crippen LogP contribution in [0.15, 0.2) is 18.2 Å². The lowest BCUT2D eigenvalue weighted by Crippen LogP contribution is -2.22. The second-order valence-electron chi connectivity index (χ2n) is 4.13. The zero-order valence-corrected chi connectivity index (χ0v) is 9.79. The molecule has 0 heterocycles. The summed E-state index contributed by atoms with van der Waals surface area (Å²) < 4.78 is 5.24. The quantitative estimate of drug-likeness (QED) is 0.878. The largest absolute Gasteiger partial charge is 0.496 e. The topological polar surface area (TPSA) is 59.0 Å². The van der Waals surface area contributed by atoms with Gasteiger partial charge in [-0.25, -0.2) is 0 Å². The Morgan fingerprint density at radius 3 is 2.75 bits per heavy atom. The average Bonchev–Trinajstić information content (AvgIpc) is 3.09. The van der Waals surface area contributed by atoms with E-state index in [1.807, 2.05) is 0 Å². The molecule has 1 aromatic carbocycles. The van der Waals surface area contributed by atoms with Crippen molar-refractivity contribution in [3.05, 3.63) is 28.8 Å². The van der Waals surface area contributed by atoms with Gasteiger partial charge in [-0.15, -0.1) is 0 Å². The van der Waals surface area contributed by atoms with Crippen molar-refractivity contribution >= 4 is 11.6 Å². The van der Waals surface area contributed by atoms with Crippen molar-refractivity contribution < 1.29 is 4.74 Å². The Labute approximate surface area is 99.8 Å². The van der Waals surface area contributed by atoms with Gasteiger partial charge in [0.25, 0.3) is 0 Å². The first kappa shape index (κ1) is 11.3. The Morgan fingerprint density at radius 2 is 2.25 bits per heavy atom. The molecular weight excluding hydrogens is 224 g/mol. The molecule has 0 aromatic heterocycles. The van der Waals surface area contributed by atoms with Crippen molar-refractivity contribution in [2.45, 2.75) is 18.9 Å². The Kier molecular flexibility index (Phi) is 2.79. The maximum absolute atomic E-state index is 9.12. The van der Waals surface area contributed by atoms with Crippen LogP contribution in [-0.4, -0.2) is 7.11 Å². The first-order chi connectivity index (χ1) is 7.63. The van der Waals surface area contributed by atoms with Gasteiger partial charge in [0, 0.05) is 10.6 Å². The lowest BCUT2D eigenvalue weighted by Gasteiger charge is -2.19. The molecule has 1 unspecified atom stereocenters. The van der Waals surface area contributed by atoms with Crippen LogP contribution in [0.1, 0.15) is 24.4 Å². The molecule has 0 amide bonds. The standard InChI is InChI=1S/C12H13ClN2O/c1-16-10-3-2-8(13)6-9(10)11(15)12(7-14)4-5-12/h2-3,6,11H,4-5,15H2,1H3. The van der Waals surface area contributed by atoms with Gasteiger partial charge in [0.1, 0.15) is 5.75 Å². The van der Waals surface area contributed by atoms with Crippen LogP contribution in [0.3, 0.4) is 0 Å². The SMILES string of the molecule is COc1ccc(Cl)cc1C(N)C1(C#N)CC1. The van der Waals surface area contributed by atoms with Crippen molar-refractivity contribution in [3.63, 3.8) is 0 Å². The van der Waals surface area contributed by atoms with E-state index in [1.165, 1.54) is 0 Å². The number of rotatable bonds is 3. The second-order valence-corrected chi connectivity index (χ2v) is 4.57. The molecule has 0 aliphatic heterocycles. The summed E-state index contributed by atoms with van der Waals surface area (Å²) in [7, 11) is 1.59. The lowest BCUT2D eigenvalue weighted by atomic mass is 9.91. The van der Waals surface area contributed by atoms with Crippen LogP contribution in [0, 0.1) is 16.7 Å². The minimum absolute atomic E-state index is 0.328. The summed E-state index contributed by atoms with van der Waals surface area (Å²) in [5.41, 5.74) is 6.53. The fourth-order valence-corrected chi connectivity index (χ4v) is 2.05. The van der Waals surface area contributed by atoms with E-state index in [0.717, 1.165) is 18.4 Å². The summed E-state index contributed by atoms with van der Waals surface area (Å²) in [5.74, 6) is 0.693. The van der Waals surface area contributed by atoms with Crippen LogP contribution >= 0.6 is 11.6 Å². The minimum atomic E-state index is -0.419. The van der Waals surface area contributed by atoms with E-state index in [-0.39, 0.29) is 6.04 Å². The summed E-state index contributed by atoms with van der Waals surface area (Å²) in [4.78, 5) is 0. The Morgan fingerprint density at radius 1 is 1.56 bits per heavy atom. The highest BCUT2D eigenvalue weighted by Crippen LogP contribution is 2.54. The van der Waals surface area contributed by atoms with Crippen LogP contribution in [0.4, 0.5) is 0 Å². The summed E-state index contributed by atoms with van der Waals surface area (Å²) >= 11 is 5.94. The molecule has 0 bridgehead atoms. The van der Waals surface area contributed by atoms with Crippen molar-refractivity contribution in [1.29, 1.82) is 5.26 Å². The molecule has 0 spiro atoms. The number of ether oxygens (including phenoxy) is 1. The minimum Gasteiger partial charge on any atom is -0.496 e. The normalized spacial score (nSPS) is 18.6. The molecule has 1 saturated carbocycles. The Balaban J connectivity index is 2.40. The summed E-state index contributed by atoms with van der Waals surface area (Å²) in [6.07, 6.45) is 1.70. The van der Waals surface area contributed by atoms with E-state index in [4.69, 9.17) is 27.3 Å².